The number of amides is 1. The first-order valence-electron chi connectivity index (χ1n) is 6.60. The van der Waals surface area contributed by atoms with Crippen LogP contribution >= 0.6 is 11.3 Å². The molecule has 2 aromatic rings. The predicted octanol–water partition coefficient (Wildman–Crippen LogP) is 2.64. The van der Waals surface area contributed by atoms with Crippen molar-refractivity contribution in [1.29, 1.82) is 0 Å². The third-order valence-electron chi connectivity index (χ3n) is 3.36. The lowest BCUT2D eigenvalue weighted by molar-refractivity contribution is -0.117. The fourth-order valence-electron chi connectivity index (χ4n) is 2.39. The van der Waals surface area contributed by atoms with Crippen LogP contribution in [-0.4, -0.2) is 35.4 Å². The van der Waals surface area contributed by atoms with E-state index in [1.807, 2.05) is 12.1 Å². The highest BCUT2D eigenvalue weighted by Gasteiger charge is 2.16. The van der Waals surface area contributed by atoms with Crippen LogP contribution < -0.4 is 5.32 Å². The number of nitrogens with zero attached hydrogens (tertiary/aromatic N) is 2. The van der Waals surface area contributed by atoms with Gasteiger partial charge < -0.3 is 5.32 Å². The molecule has 1 amide bonds. The van der Waals surface area contributed by atoms with E-state index in [1.165, 1.54) is 29.7 Å². The molecule has 0 radical (unpaired) electrons. The highest BCUT2D eigenvalue weighted by molar-refractivity contribution is 7.22. The number of anilines is 1. The van der Waals surface area contributed by atoms with E-state index < -0.39 is 0 Å². The minimum Gasteiger partial charge on any atom is -0.301 e. The quantitative estimate of drug-likeness (QED) is 0.936. The van der Waals surface area contributed by atoms with E-state index in [0.29, 0.717) is 11.7 Å². The Balaban J connectivity index is 1.68. The molecule has 1 aliphatic heterocycles. The van der Waals surface area contributed by atoms with Crippen LogP contribution in [0.5, 0.6) is 0 Å². The summed E-state index contributed by atoms with van der Waals surface area (Å²) in [5, 5.41) is 3.60. The molecule has 1 fully saturated rings. The number of carbonyl (C=O) groups excluding carboxylic acids is 1. The Labute approximate surface area is 116 Å². The van der Waals surface area contributed by atoms with Crippen LogP contribution in [0.4, 0.5) is 5.13 Å². The smallest absolute Gasteiger partial charge is 0.240 e. The van der Waals surface area contributed by atoms with Crippen molar-refractivity contribution in [2.24, 2.45) is 0 Å². The maximum Gasteiger partial charge on any atom is 0.240 e. The maximum atomic E-state index is 11.9. The summed E-state index contributed by atoms with van der Waals surface area (Å²) in [5.41, 5.74) is 2.16. The zero-order chi connectivity index (χ0) is 13.2. The molecule has 100 valence electrons. The lowest BCUT2D eigenvalue weighted by Gasteiger charge is -2.12. The molecule has 3 rings (SSSR count). The van der Waals surface area contributed by atoms with Crippen LogP contribution in [-0.2, 0) is 4.79 Å². The van der Waals surface area contributed by atoms with E-state index in [2.05, 4.69) is 28.2 Å². The first kappa shape index (κ1) is 12.6. The Morgan fingerprint density at radius 3 is 3.00 bits per heavy atom. The van der Waals surface area contributed by atoms with Gasteiger partial charge in [0, 0.05) is 0 Å². The van der Waals surface area contributed by atoms with E-state index in [9.17, 15) is 4.79 Å². The number of hydrogen-bond donors (Lipinski definition) is 1. The summed E-state index contributed by atoms with van der Waals surface area (Å²) >= 11 is 1.54. The fraction of sp³-hybridized carbons (Fsp3) is 0.429. The molecular weight excluding hydrogens is 258 g/mol. The van der Waals surface area contributed by atoms with Gasteiger partial charge in [-0.1, -0.05) is 17.4 Å². The predicted molar refractivity (Wildman–Crippen MR) is 78.7 cm³/mol. The molecule has 4 nitrogen and oxygen atoms in total. The zero-order valence-electron chi connectivity index (χ0n) is 11.0. The molecule has 0 spiro atoms. The summed E-state index contributed by atoms with van der Waals surface area (Å²) in [5.74, 6) is 0.0395. The molecule has 1 aromatic carbocycles. The van der Waals surface area contributed by atoms with E-state index >= 15 is 0 Å². The molecule has 0 saturated carbocycles. The van der Waals surface area contributed by atoms with Crippen molar-refractivity contribution in [3.63, 3.8) is 0 Å². The standard InChI is InChI=1S/C14H17N3OS/c1-10-4-5-11-12(8-10)19-14(15-11)16-13(18)9-17-6-2-3-7-17/h4-5,8H,2-3,6-7,9H2,1H3,(H,15,16,18). The summed E-state index contributed by atoms with van der Waals surface area (Å²) in [6.07, 6.45) is 2.40. The summed E-state index contributed by atoms with van der Waals surface area (Å²) in [4.78, 5) is 18.5. The Morgan fingerprint density at radius 1 is 1.42 bits per heavy atom. The van der Waals surface area contributed by atoms with Crippen molar-refractivity contribution in [1.82, 2.24) is 9.88 Å². The number of hydrogen-bond acceptors (Lipinski definition) is 4. The van der Waals surface area contributed by atoms with E-state index in [-0.39, 0.29) is 5.91 Å². The van der Waals surface area contributed by atoms with Gasteiger partial charge in [0.2, 0.25) is 5.91 Å². The van der Waals surface area contributed by atoms with Crippen LogP contribution in [0.2, 0.25) is 0 Å². The Hall–Kier alpha value is -1.46. The van der Waals surface area contributed by atoms with Gasteiger partial charge in [-0.25, -0.2) is 4.98 Å². The van der Waals surface area contributed by atoms with Crippen molar-refractivity contribution in [3.8, 4) is 0 Å². The van der Waals surface area contributed by atoms with Gasteiger partial charge in [0.1, 0.15) is 0 Å². The van der Waals surface area contributed by atoms with Crippen LogP contribution in [0, 0.1) is 6.92 Å². The molecule has 1 saturated heterocycles. The normalized spacial score (nSPS) is 16.1. The second-order valence-electron chi connectivity index (χ2n) is 5.02. The number of aromatic nitrogens is 1. The van der Waals surface area contributed by atoms with E-state index in [0.717, 1.165) is 23.3 Å². The molecule has 0 atom stereocenters. The topological polar surface area (TPSA) is 45.2 Å². The SMILES string of the molecule is Cc1ccc2nc(NC(=O)CN3CCCC3)sc2c1. The summed E-state index contributed by atoms with van der Waals surface area (Å²) in [7, 11) is 0. The molecule has 1 aliphatic rings. The van der Waals surface area contributed by atoms with Crippen molar-refractivity contribution in [2.45, 2.75) is 19.8 Å². The average molecular weight is 275 g/mol. The Morgan fingerprint density at radius 2 is 2.21 bits per heavy atom. The molecule has 2 heterocycles. The number of likely N-dealkylation sites (tertiary alicyclic amines) is 1. The summed E-state index contributed by atoms with van der Waals surface area (Å²) < 4.78 is 1.12. The van der Waals surface area contributed by atoms with Crippen molar-refractivity contribution >= 4 is 32.6 Å². The highest BCUT2D eigenvalue weighted by atomic mass is 32.1. The monoisotopic (exact) mass is 275 g/mol. The summed E-state index contributed by atoms with van der Waals surface area (Å²) in [6, 6.07) is 6.14. The van der Waals surface area contributed by atoms with Gasteiger partial charge >= 0.3 is 0 Å². The molecule has 5 heteroatoms. The maximum absolute atomic E-state index is 11.9. The summed E-state index contributed by atoms with van der Waals surface area (Å²) in [6.45, 7) is 4.61. The molecule has 19 heavy (non-hydrogen) atoms. The zero-order valence-corrected chi connectivity index (χ0v) is 11.8. The second kappa shape index (κ2) is 5.27. The molecule has 0 aliphatic carbocycles. The number of aryl methyl sites for hydroxylation is 1. The van der Waals surface area contributed by atoms with Crippen molar-refractivity contribution in [3.05, 3.63) is 23.8 Å². The van der Waals surface area contributed by atoms with Gasteiger partial charge in [-0.2, -0.15) is 0 Å². The third kappa shape index (κ3) is 2.93. The van der Waals surface area contributed by atoms with Gasteiger partial charge in [-0.3, -0.25) is 9.69 Å². The van der Waals surface area contributed by atoms with E-state index in [1.54, 1.807) is 0 Å². The number of fused-ring (bicyclic) bond motifs is 1. The number of benzene rings is 1. The number of nitrogens with one attached hydrogen (secondary N) is 1. The number of thiazole rings is 1. The minimum atomic E-state index is 0.0395. The van der Waals surface area contributed by atoms with Gasteiger partial charge in [-0.15, -0.1) is 0 Å². The van der Waals surface area contributed by atoms with Crippen LogP contribution in [0.25, 0.3) is 10.2 Å². The first-order chi connectivity index (χ1) is 9.20. The van der Waals surface area contributed by atoms with E-state index in [4.69, 9.17) is 0 Å². The van der Waals surface area contributed by atoms with Crippen LogP contribution in [0.15, 0.2) is 18.2 Å². The minimum absolute atomic E-state index is 0.0395. The molecule has 1 aromatic heterocycles. The van der Waals surface area contributed by atoms with Gasteiger partial charge in [0.25, 0.3) is 0 Å². The second-order valence-corrected chi connectivity index (χ2v) is 6.05. The lowest BCUT2D eigenvalue weighted by Crippen LogP contribution is -2.30. The Bertz CT molecular complexity index is 602. The largest absolute Gasteiger partial charge is 0.301 e. The van der Waals surface area contributed by atoms with Crippen molar-refractivity contribution in [2.75, 3.05) is 25.0 Å². The van der Waals surface area contributed by atoms with Gasteiger partial charge in [0.15, 0.2) is 5.13 Å². The van der Waals surface area contributed by atoms with Crippen LogP contribution in [0.1, 0.15) is 18.4 Å². The fourth-order valence-corrected chi connectivity index (χ4v) is 3.37. The number of carbonyl (C=O) groups is 1. The van der Waals surface area contributed by atoms with Gasteiger partial charge in [0.05, 0.1) is 16.8 Å². The molecule has 1 N–H and O–H groups in total. The van der Waals surface area contributed by atoms with Crippen LogP contribution in [0.3, 0.4) is 0 Å². The molecular formula is C14H17N3OS. The lowest BCUT2D eigenvalue weighted by atomic mass is 10.2. The Kier molecular flexibility index (Phi) is 3.48. The average Bonchev–Trinajstić information content (AvgIpc) is 2.97. The first-order valence-corrected chi connectivity index (χ1v) is 7.42. The molecule has 0 bridgehead atoms. The third-order valence-corrected chi connectivity index (χ3v) is 4.29. The van der Waals surface area contributed by atoms with Gasteiger partial charge in [-0.05, 0) is 50.6 Å². The highest BCUT2D eigenvalue weighted by Crippen LogP contribution is 2.26. The van der Waals surface area contributed by atoms with Crippen molar-refractivity contribution < 1.29 is 4.79 Å². The molecule has 0 unspecified atom stereocenters. The number of rotatable bonds is 3.